The number of esters is 1. The molecule has 1 aromatic heterocycles. The van der Waals surface area contributed by atoms with Crippen molar-refractivity contribution >= 4 is 23.4 Å². The Hall–Kier alpha value is -4.05. The fraction of sp³-hybridized carbons (Fsp3) is 0.345. The molecule has 0 unspecified atom stereocenters. The van der Waals surface area contributed by atoms with Crippen molar-refractivity contribution in [2.24, 2.45) is 4.99 Å². The molecule has 3 aromatic rings. The van der Waals surface area contributed by atoms with Crippen LogP contribution in [0.3, 0.4) is 0 Å². The Bertz CT molecular complexity index is 1620. The van der Waals surface area contributed by atoms with Gasteiger partial charge in [-0.3, -0.25) is 9.36 Å². The third-order valence-electron chi connectivity index (χ3n) is 6.49. The van der Waals surface area contributed by atoms with Gasteiger partial charge in [0.25, 0.3) is 5.56 Å². The van der Waals surface area contributed by atoms with Crippen molar-refractivity contribution in [2.45, 2.75) is 32.7 Å². The molecule has 9 nitrogen and oxygen atoms in total. The highest BCUT2D eigenvalue weighted by Gasteiger charge is 2.36. The number of rotatable bonds is 8. The van der Waals surface area contributed by atoms with E-state index in [9.17, 15) is 9.59 Å². The lowest BCUT2D eigenvalue weighted by atomic mass is 9.93. The Balaban J connectivity index is 1.76. The van der Waals surface area contributed by atoms with E-state index in [1.807, 2.05) is 25.1 Å². The summed E-state index contributed by atoms with van der Waals surface area (Å²) in [6.45, 7) is 4.93. The molecule has 0 spiro atoms. The van der Waals surface area contributed by atoms with Gasteiger partial charge >= 0.3 is 5.97 Å². The predicted octanol–water partition coefficient (Wildman–Crippen LogP) is 3.37. The van der Waals surface area contributed by atoms with Crippen LogP contribution in [-0.2, 0) is 9.53 Å². The van der Waals surface area contributed by atoms with Crippen LogP contribution in [0.1, 0.15) is 43.9 Å². The molecule has 2 aromatic carbocycles. The minimum atomic E-state index is -0.811. The zero-order chi connectivity index (χ0) is 27.5. The number of nitrogens with zero attached hydrogens (tertiary/aromatic N) is 2. The Labute approximate surface area is 229 Å². The molecule has 0 fully saturated rings. The number of aromatic nitrogens is 1. The summed E-state index contributed by atoms with van der Waals surface area (Å²) >= 11 is 1.27. The molecular formula is C29H30N2O7S. The molecule has 1 atom stereocenters. The normalized spacial score (nSPS) is 16.4. The van der Waals surface area contributed by atoms with Crippen molar-refractivity contribution in [1.82, 2.24) is 4.57 Å². The molecule has 10 heteroatoms. The van der Waals surface area contributed by atoms with Crippen LogP contribution in [-0.4, -0.2) is 44.6 Å². The van der Waals surface area contributed by atoms with Crippen molar-refractivity contribution in [2.75, 3.05) is 34.0 Å². The van der Waals surface area contributed by atoms with Crippen LogP contribution in [0, 0.1) is 0 Å². The molecule has 0 bridgehead atoms. The number of methoxy groups -OCH3 is 2. The molecule has 3 heterocycles. The lowest BCUT2D eigenvalue weighted by Gasteiger charge is -2.27. The average Bonchev–Trinajstić information content (AvgIpc) is 3.26. The maximum absolute atomic E-state index is 14.0. The maximum atomic E-state index is 14.0. The smallest absolute Gasteiger partial charge is 0.338 e. The summed E-state index contributed by atoms with van der Waals surface area (Å²) in [5.41, 5.74) is 2.04. The fourth-order valence-corrected chi connectivity index (χ4v) is 5.79. The number of carbonyl (C=O) groups excluding carboxylic acids is 1. The number of carbonyl (C=O) groups is 1. The molecule has 2 aliphatic rings. The first-order valence-corrected chi connectivity index (χ1v) is 13.6. The second-order valence-electron chi connectivity index (χ2n) is 8.92. The SMILES string of the molecule is CCCC1=C(C(=O)OCC)[C@@H](c2cc(OC)ccc2OC)n2c(s/c(=C\c3ccc4c(c3)OCCO4)c2=O)=N1. The second-order valence-corrected chi connectivity index (χ2v) is 9.93. The van der Waals surface area contributed by atoms with Gasteiger partial charge in [0.2, 0.25) is 0 Å². The van der Waals surface area contributed by atoms with Crippen molar-refractivity contribution in [3.05, 3.63) is 78.5 Å². The van der Waals surface area contributed by atoms with E-state index in [-0.39, 0.29) is 12.2 Å². The van der Waals surface area contributed by atoms with Gasteiger partial charge in [0.1, 0.15) is 30.8 Å². The van der Waals surface area contributed by atoms with Crippen LogP contribution in [0.2, 0.25) is 0 Å². The van der Waals surface area contributed by atoms with Gasteiger partial charge in [0.15, 0.2) is 16.3 Å². The van der Waals surface area contributed by atoms with E-state index in [4.69, 9.17) is 28.7 Å². The van der Waals surface area contributed by atoms with Gasteiger partial charge in [-0.2, -0.15) is 0 Å². The van der Waals surface area contributed by atoms with Gasteiger partial charge in [-0.05, 0) is 55.3 Å². The fourth-order valence-electron chi connectivity index (χ4n) is 4.77. The van der Waals surface area contributed by atoms with E-state index in [1.165, 1.54) is 11.3 Å². The van der Waals surface area contributed by atoms with E-state index >= 15 is 0 Å². The van der Waals surface area contributed by atoms with E-state index < -0.39 is 12.0 Å². The van der Waals surface area contributed by atoms with E-state index in [2.05, 4.69) is 0 Å². The summed E-state index contributed by atoms with van der Waals surface area (Å²) in [7, 11) is 3.12. The third-order valence-corrected chi connectivity index (χ3v) is 7.47. The van der Waals surface area contributed by atoms with E-state index in [0.29, 0.717) is 68.8 Å². The zero-order valence-corrected chi connectivity index (χ0v) is 23.1. The lowest BCUT2D eigenvalue weighted by molar-refractivity contribution is -0.139. The minimum Gasteiger partial charge on any atom is -0.497 e. The first-order valence-electron chi connectivity index (χ1n) is 12.8. The zero-order valence-electron chi connectivity index (χ0n) is 22.3. The van der Waals surface area contributed by atoms with Crippen LogP contribution in [0.5, 0.6) is 23.0 Å². The molecule has 204 valence electrons. The first-order chi connectivity index (χ1) is 19.0. The first kappa shape index (κ1) is 26.6. The summed E-state index contributed by atoms with van der Waals surface area (Å²) in [5.74, 6) is 1.88. The second kappa shape index (κ2) is 11.4. The number of allylic oxidation sites excluding steroid dienone is 1. The summed E-state index contributed by atoms with van der Waals surface area (Å²) in [5, 5.41) is 0. The average molecular weight is 551 g/mol. The van der Waals surface area contributed by atoms with Crippen molar-refractivity contribution in [3.63, 3.8) is 0 Å². The van der Waals surface area contributed by atoms with Crippen LogP contribution in [0.15, 0.2) is 57.5 Å². The van der Waals surface area contributed by atoms with E-state index in [1.54, 1.807) is 50.0 Å². The maximum Gasteiger partial charge on any atom is 0.338 e. The molecule has 0 aliphatic carbocycles. The van der Waals surface area contributed by atoms with Gasteiger partial charge in [0.05, 0.1) is 36.6 Å². The Kier molecular flexibility index (Phi) is 7.74. The number of fused-ring (bicyclic) bond motifs is 2. The van der Waals surface area contributed by atoms with E-state index in [0.717, 1.165) is 12.0 Å². The van der Waals surface area contributed by atoms with Gasteiger partial charge in [-0.1, -0.05) is 30.7 Å². The molecule has 0 amide bonds. The Morgan fingerprint density at radius 2 is 1.90 bits per heavy atom. The predicted molar refractivity (Wildman–Crippen MR) is 147 cm³/mol. The number of benzene rings is 2. The van der Waals surface area contributed by atoms with Crippen molar-refractivity contribution < 1.29 is 28.5 Å². The molecule has 39 heavy (non-hydrogen) atoms. The lowest BCUT2D eigenvalue weighted by Crippen LogP contribution is -2.40. The summed E-state index contributed by atoms with van der Waals surface area (Å²) < 4.78 is 30.0. The number of hydrogen-bond donors (Lipinski definition) is 0. The van der Waals surface area contributed by atoms with Crippen LogP contribution >= 0.6 is 11.3 Å². The molecule has 2 aliphatic heterocycles. The Morgan fingerprint density at radius 1 is 1.10 bits per heavy atom. The van der Waals surface area contributed by atoms with Crippen LogP contribution < -0.4 is 33.8 Å². The van der Waals surface area contributed by atoms with Gasteiger partial charge in [-0.15, -0.1) is 0 Å². The minimum absolute atomic E-state index is 0.193. The molecule has 0 saturated heterocycles. The quantitative estimate of drug-likeness (QED) is 0.397. The summed E-state index contributed by atoms with van der Waals surface area (Å²) in [4.78, 5) is 32.7. The molecule has 0 N–H and O–H groups in total. The molecule has 5 rings (SSSR count). The molecule has 0 radical (unpaired) electrons. The standard InChI is InChI=1S/C29H30N2O7S/c1-5-7-20-25(28(33)36-6-2)26(19-16-18(34-3)9-11-21(19)35-4)31-27(32)24(39-29(31)30-20)15-17-8-10-22-23(14-17)38-13-12-37-22/h8-11,14-16,26H,5-7,12-13H2,1-4H3/b24-15-/t26-/m1/s1. The monoisotopic (exact) mass is 550 g/mol. The number of thiazole rings is 1. The molecule has 0 saturated carbocycles. The van der Waals surface area contributed by atoms with Crippen LogP contribution in [0.25, 0.3) is 6.08 Å². The third kappa shape index (κ3) is 5.04. The van der Waals surface area contributed by atoms with Crippen molar-refractivity contribution in [3.8, 4) is 23.0 Å². The molecular weight excluding hydrogens is 520 g/mol. The highest BCUT2D eigenvalue weighted by molar-refractivity contribution is 7.07. The summed E-state index contributed by atoms with van der Waals surface area (Å²) in [6.07, 6.45) is 3.11. The number of hydrogen-bond acceptors (Lipinski definition) is 9. The summed E-state index contributed by atoms with van der Waals surface area (Å²) in [6, 6.07) is 10.1. The van der Waals surface area contributed by atoms with Crippen molar-refractivity contribution in [1.29, 1.82) is 0 Å². The van der Waals surface area contributed by atoms with Crippen LogP contribution in [0.4, 0.5) is 0 Å². The number of ether oxygens (including phenoxy) is 5. The van der Waals surface area contributed by atoms with Gasteiger partial charge in [0, 0.05) is 5.56 Å². The largest absolute Gasteiger partial charge is 0.497 e. The highest BCUT2D eigenvalue weighted by Crippen LogP contribution is 2.39. The van der Waals surface area contributed by atoms with Gasteiger partial charge in [-0.25, -0.2) is 9.79 Å². The highest BCUT2D eigenvalue weighted by atomic mass is 32.1. The Morgan fingerprint density at radius 3 is 2.62 bits per heavy atom. The topological polar surface area (TPSA) is 97.6 Å². The van der Waals surface area contributed by atoms with Gasteiger partial charge < -0.3 is 23.7 Å².